The van der Waals surface area contributed by atoms with Gasteiger partial charge in [0.2, 0.25) is 0 Å². The average molecular weight is 320 g/mol. The monoisotopic (exact) mass is 320 g/mol. The summed E-state index contributed by atoms with van der Waals surface area (Å²) in [6.07, 6.45) is 0.743. The van der Waals surface area contributed by atoms with Gasteiger partial charge in [-0.1, -0.05) is 36.4 Å². The first-order chi connectivity index (χ1) is 11.7. The molecule has 0 saturated heterocycles. The minimum absolute atomic E-state index is 0.156. The minimum atomic E-state index is -0.156. The number of pyridine rings is 1. The van der Waals surface area contributed by atoms with Gasteiger partial charge in [0.1, 0.15) is 11.4 Å². The van der Waals surface area contributed by atoms with E-state index in [4.69, 9.17) is 4.74 Å². The quantitative estimate of drug-likeness (QED) is 0.704. The average Bonchev–Trinajstić information content (AvgIpc) is 2.61. The Morgan fingerprint density at radius 2 is 1.96 bits per heavy atom. The second-order valence-electron chi connectivity index (χ2n) is 5.66. The van der Waals surface area contributed by atoms with Crippen LogP contribution in [0.5, 0.6) is 5.75 Å². The molecule has 4 nitrogen and oxygen atoms in total. The molecular formula is C20H20N2O2. The van der Waals surface area contributed by atoms with Crippen molar-refractivity contribution in [1.82, 2.24) is 10.3 Å². The molecule has 122 valence electrons. The lowest BCUT2D eigenvalue weighted by Gasteiger charge is -2.08. The van der Waals surface area contributed by atoms with Crippen LogP contribution in [0.4, 0.5) is 0 Å². The van der Waals surface area contributed by atoms with E-state index in [0.717, 1.165) is 23.1 Å². The van der Waals surface area contributed by atoms with Crippen molar-refractivity contribution in [2.24, 2.45) is 0 Å². The van der Waals surface area contributed by atoms with Crippen LogP contribution in [0.15, 0.2) is 60.7 Å². The molecule has 3 aromatic rings. The first-order valence-electron chi connectivity index (χ1n) is 8.06. The summed E-state index contributed by atoms with van der Waals surface area (Å²) in [5, 5.41) is 3.91. The fraction of sp³-hybridized carbons (Fsp3) is 0.200. The Hall–Kier alpha value is -2.88. The van der Waals surface area contributed by atoms with E-state index in [0.29, 0.717) is 18.8 Å². The summed E-state index contributed by atoms with van der Waals surface area (Å²) in [6, 6.07) is 19.4. The van der Waals surface area contributed by atoms with Gasteiger partial charge >= 0.3 is 0 Å². The highest BCUT2D eigenvalue weighted by molar-refractivity contribution is 5.94. The highest BCUT2D eigenvalue weighted by atomic mass is 16.5. The summed E-state index contributed by atoms with van der Waals surface area (Å²) in [5.41, 5.74) is 2.43. The summed E-state index contributed by atoms with van der Waals surface area (Å²) in [7, 11) is 0. The van der Waals surface area contributed by atoms with Crippen LogP contribution in [0.2, 0.25) is 0 Å². The van der Waals surface area contributed by atoms with E-state index >= 15 is 0 Å². The van der Waals surface area contributed by atoms with Crippen molar-refractivity contribution < 1.29 is 9.53 Å². The number of carbonyl (C=O) groups excluding carboxylic acids is 1. The maximum Gasteiger partial charge on any atom is 0.269 e. The molecule has 0 aliphatic heterocycles. The molecule has 0 atom stereocenters. The zero-order valence-electron chi connectivity index (χ0n) is 13.7. The van der Waals surface area contributed by atoms with Gasteiger partial charge < -0.3 is 10.1 Å². The number of nitrogens with one attached hydrogen (secondary N) is 1. The number of hydrogen-bond acceptors (Lipinski definition) is 3. The third-order valence-electron chi connectivity index (χ3n) is 3.70. The van der Waals surface area contributed by atoms with Gasteiger partial charge in [-0.25, -0.2) is 4.98 Å². The van der Waals surface area contributed by atoms with E-state index in [1.165, 1.54) is 5.56 Å². The third kappa shape index (κ3) is 4.10. The summed E-state index contributed by atoms with van der Waals surface area (Å²) < 4.78 is 5.67. The number of aromatic nitrogens is 1. The molecule has 2 aromatic carbocycles. The fourth-order valence-corrected chi connectivity index (χ4v) is 2.45. The van der Waals surface area contributed by atoms with Gasteiger partial charge in [0.15, 0.2) is 0 Å². The number of amides is 1. The lowest BCUT2D eigenvalue weighted by atomic mass is 10.2. The summed E-state index contributed by atoms with van der Waals surface area (Å²) in [6.45, 7) is 3.15. The lowest BCUT2D eigenvalue weighted by Crippen LogP contribution is -2.26. The van der Waals surface area contributed by atoms with Gasteiger partial charge in [-0.05, 0) is 43.2 Å². The van der Waals surface area contributed by atoms with Crippen LogP contribution in [0, 0.1) is 6.92 Å². The number of nitrogens with zero attached hydrogens (tertiary/aromatic N) is 1. The molecule has 1 N–H and O–H groups in total. The van der Waals surface area contributed by atoms with Crippen molar-refractivity contribution in [2.75, 3.05) is 13.2 Å². The van der Waals surface area contributed by atoms with Gasteiger partial charge in [-0.15, -0.1) is 0 Å². The molecule has 0 bridgehead atoms. The highest BCUT2D eigenvalue weighted by Crippen LogP contribution is 2.13. The van der Waals surface area contributed by atoms with Crippen LogP contribution < -0.4 is 10.1 Å². The maximum atomic E-state index is 12.2. The number of aryl methyl sites for hydroxylation is 1. The molecule has 0 fully saturated rings. The Bertz CT molecular complexity index is 846. The molecule has 24 heavy (non-hydrogen) atoms. The number of carbonyl (C=O) groups is 1. The molecule has 1 amide bonds. The zero-order chi connectivity index (χ0) is 16.8. The summed E-state index contributed by atoms with van der Waals surface area (Å²) in [4.78, 5) is 16.5. The third-order valence-corrected chi connectivity index (χ3v) is 3.70. The number of rotatable bonds is 6. The molecule has 0 spiro atoms. The van der Waals surface area contributed by atoms with Gasteiger partial charge in [0.25, 0.3) is 5.91 Å². The van der Waals surface area contributed by atoms with E-state index in [2.05, 4.69) is 10.3 Å². The SMILES string of the molecule is Cc1cccc(OCCCNC(=O)c2ccc3ccccc3n2)c1. The second-order valence-corrected chi connectivity index (χ2v) is 5.66. The number of benzene rings is 2. The number of fused-ring (bicyclic) bond motifs is 1. The fourth-order valence-electron chi connectivity index (χ4n) is 2.45. The Labute approximate surface area is 141 Å². The Morgan fingerprint density at radius 1 is 1.08 bits per heavy atom. The summed E-state index contributed by atoms with van der Waals surface area (Å²) >= 11 is 0. The van der Waals surface area contributed by atoms with Crippen LogP contribution >= 0.6 is 0 Å². The minimum Gasteiger partial charge on any atom is -0.494 e. The van der Waals surface area contributed by atoms with Gasteiger partial charge in [-0.2, -0.15) is 0 Å². The molecule has 0 saturated carbocycles. The van der Waals surface area contributed by atoms with Crippen LogP contribution in [-0.4, -0.2) is 24.0 Å². The maximum absolute atomic E-state index is 12.2. The van der Waals surface area contributed by atoms with E-state index < -0.39 is 0 Å². The van der Waals surface area contributed by atoms with Crippen LogP contribution in [0.1, 0.15) is 22.5 Å². The zero-order valence-corrected chi connectivity index (χ0v) is 13.7. The summed E-state index contributed by atoms with van der Waals surface area (Å²) in [5.74, 6) is 0.703. The Kier molecular flexibility index (Phi) is 5.06. The standard InChI is InChI=1S/C20H20N2O2/c1-15-6-4-8-17(14-15)24-13-5-12-21-20(23)19-11-10-16-7-2-3-9-18(16)22-19/h2-4,6-11,14H,5,12-13H2,1H3,(H,21,23). The molecule has 1 heterocycles. The van der Waals surface area contributed by atoms with E-state index in [1.54, 1.807) is 6.07 Å². The first-order valence-corrected chi connectivity index (χ1v) is 8.06. The number of hydrogen-bond donors (Lipinski definition) is 1. The Balaban J connectivity index is 1.46. The van der Waals surface area contributed by atoms with Gasteiger partial charge in [-0.3, -0.25) is 4.79 Å². The van der Waals surface area contributed by atoms with Crippen LogP contribution in [0.3, 0.4) is 0 Å². The molecule has 3 rings (SSSR count). The lowest BCUT2D eigenvalue weighted by molar-refractivity contribution is 0.0947. The van der Waals surface area contributed by atoms with Crippen molar-refractivity contribution in [3.05, 3.63) is 71.9 Å². The molecule has 0 unspecified atom stereocenters. The highest BCUT2D eigenvalue weighted by Gasteiger charge is 2.07. The van der Waals surface area contributed by atoms with E-state index in [-0.39, 0.29) is 5.91 Å². The van der Waals surface area contributed by atoms with Crippen molar-refractivity contribution in [3.63, 3.8) is 0 Å². The van der Waals surface area contributed by atoms with Crippen LogP contribution in [-0.2, 0) is 0 Å². The second kappa shape index (κ2) is 7.59. The van der Waals surface area contributed by atoms with Crippen molar-refractivity contribution in [3.8, 4) is 5.75 Å². The van der Waals surface area contributed by atoms with Crippen molar-refractivity contribution in [2.45, 2.75) is 13.3 Å². The smallest absolute Gasteiger partial charge is 0.269 e. The predicted molar refractivity (Wildman–Crippen MR) is 95.4 cm³/mol. The van der Waals surface area contributed by atoms with Crippen molar-refractivity contribution in [1.29, 1.82) is 0 Å². The molecule has 4 heteroatoms. The molecular weight excluding hydrogens is 300 g/mol. The van der Waals surface area contributed by atoms with Crippen LogP contribution in [0.25, 0.3) is 10.9 Å². The van der Waals surface area contributed by atoms with E-state index in [9.17, 15) is 4.79 Å². The largest absolute Gasteiger partial charge is 0.494 e. The number of ether oxygens (including phenoxy) is 1. The first kappa shape index (κ1) is 16.0. The molecule has 0 aliphatic carbocycles. The molecule has 1 aromatic heterocycles. The molecule has 0 aliphatic rings. The number of para-hydroxylation sites is 1. The Morgan fingerprint density at radius 3 is 2.83 bits per heavy atom. The predicted octanol–water partition coefficient (Wildman–Crippen LogP) is 3.74. The van der Waals surface area contributed by atoms with Crippen molar-refractivity contribution >= 4 is 16.8 Å². The van der Waals surface area contributed by atoms with E-state index in [1.807, 2.05) is 61.5 Å². The topological polar surface area (TPSA) is 51.2 Å². The molecule has 0 radical (unpaired) electrons. The normalized spacial score (nSPS) is 10.5. The van der Waals surface area contributed by atoms with Gasteiger partial charge in [0.05, 0.1) is 12.1 Å². The van der Waals surface area contributed by atoms with Gasteiger partial charge in [0, 0.05) is 11.9 Å².